The highest BCUT2D eigenvalue weighted by Gasteiger charge is 2.22. The van der Waals surface area contributed by atoms with E-state index in [1.165, 1.54) is 13.0 Å². The van der Waals surface area contributed by atoms with Crippen LogP contribution in [0, 0.1) is 12.7 Å². The second-order valence-electron chi connectivity index (χ2n) is 3.51. The standard InChI is InChI=1S/C11H9BrClFO3/c1-5-2-6(8(13)4-9(5)14)11(17)7(12)3-10(15)16/h2,4,7H,3H2,1H3,(H,15,16). The van der Waals surface area contributed by atoms with Crippen molar-refractivity contribution >= 4 is 39.3 Å². The van der Waals surface area contributed by atoms with Crippen molar-refractivity contribution in [3.63, 3.8) is 0 Å². The number of carboxylic acid groups (broad SMARTS) is 1. The van der Waals surface area contributed by atoms with Gasteiger partial charge in [-0.1, -0.05) is 27.5 Å². The molecule has 1 atom stereocenters. The molecule has 1 aromatic carbocycles. The predicted octanol–water partition coefficient (Wildman–Crippen LogP) is 3.21. The summed E-state index contributed by atoms with van der Waals surface area (Å²) in [6.07, 6.45) is -0.356. The molecule has 3 nitrogen and oxygen atoms in total. The van der Waals surface area contributed by atoms with E-state index >= 15 is 0 Å². The van der Waals surface area contributed by atoms with E-state index in [9.17, 15) is 14.0 Å². The number of carbonyl (C=O) groups excluding carboxylic acids is 1. The Bertz CT molecular complexity index is 476. The van der Waals surface area contributed by atoms with Crippen LogP contribution in [-0.4, -0.2) is 21.7 Å². The molecule has 0 radical (unpaired) electrons. The van der Waals surface area contributed by atoms with Crippen LogP contribution in [0.4, 0.5) is 4.39 Å². The minimum Gasteiger partial charge on any atom is -0.481 e. The van der Waals surface area contributed by atoms with Crippen molar-refractivity contribution in [2.24, 2.45) is 0 Å². The van der Waals surface area contributed by atoms with Crippen molar-refractivity contribution in [1.29, 1.82) is 0 Å². The minimum absolute atomic E-state index is 0.0204. The Balaban J connectivity index is 3.04. The zero-order valence-electron chi connectivity index (χ0n) is 8.84. The fourth-order valence-corrected chi connectivity index (χ4v) is 2.03. The summed E-state index contributed by atoms with van der Waals surface area (Å²) >= 11 is 8.72. The van der Waals surface area contributed by atoms with Gasteiger partial charge in [0.1, 0.15) is 5.82 Å². The average molecular weight is 324 g/mol. The lowest BCUT2D eigenvalue weighted by atomic mass is 10.0. The molecule has 1 aromatic rings. The van der Waals surface area contributed by atoms with E-state index in [0.717, 1.165) is 6.07 Å². The van der Waals surface area contributed by atoms with Crippen LogP contribution in [0.1, 0.15) is 22.3 Å². The Labute approximate surface area is 111 Å². The van der Waals surface area contributed by atoms with Crippen molar-refractivity contribution in [3.05, 3.63) is 34.1 Å². The second-order valence-corrected chi connectivity index (χ2v) is 5.02. The first-order valence-corrected chi connectivity index (χ1v) is 5.98. The molecule has 0 aromatic heterocycles. The van der Waals surface area contributed by atoms with E-state index in [4.69, 9.17) is 16.7 Å². The number of carboxylic acids is 1. The predicted molar refractivity (Wildman–Crippen MR) is 65.4 cm³/mol. The first-order valence-electron chi connectivity index (χ1n) is 4.68. The van der Waals surface area contributed by atoms with E-state index < -0.39 is 22.4 Å². The van der Waals surface area contributed by atoms with Gasteiger partial charge in [-0.3, -0.25) is 9.59 Å². The quantitative estimate of drug-likeness (QED) is 0.684. The van der Waals surface area contributed by atoms with Gasteiger partial charge in [-0.25, -0.2) is 4.39 Å². The molecule has 92 valence electrons. The molecular weight excluding hydrogens is 314 g/mol. The molecule has 0 fully saturated rings. The van der Waals surface area contributed by atoms with E-state index in [0.29, 0.717) is 0 Å². The van der Waals surface area contributed by atoms with Crippen LogP contribution < -0.4 is 0 Å². The summed E-state index contributed by atoms with van der Waals surface area (Å²) in [6.45, 7) is 1.50. The molecule has 1 N–H and O–H groups in total. The van der Waals surface area contributed by atoms with Gasteiger partial charge in [0.2, 0.25) is 0 Å². The topological polar surface area (TPSA) is 54.4 Å². The number of carbonyl (C=O) groups is 2. The van der Waals surface area contributed by atoms with E-state index in [-0.39, 0.29) is 22.6 Å². The smallest absolute Gasteiger partial charge is 0.304 e. The highest BCUT2D eigenvalue weighted by Crippen LogP contribution is 2.24. The highest BCUT2D eigenvalue weighted by molar-refractivity contribution is 9.10. The SMILES string of the molecule is Cc1cc(C(=O)C(Br)CC(=O)O)c(Cl)cc1F. The summed E-state index contributed by atoms with van der Waals surface area (Å²) in [7, 11) is 0. The molecule has 0 bridgehead atoms. The molecule has 0 heterocycles. The number of ketones is 1. The van der Waals surface area contributed by atoms with Crippen LogP contribution in [0.25, 0.3) is 0 Å². The molecular formula is C11H9BrClFO3. The van der Waals surface area contributed by atoms with Gasteiger partial charge in [0, 0.05) is 5.56 Å². The number of benzene rings is 1. The minimum atomic E-state index is -1.10. The van der Waals surface area contributed by atoms with E-state index in [2.05, 4.69) is 15.9 Å². The number of aliphatic carboxylic acids is 1. The Morgan fingerprint density at radius 2 is 2.12 bits per heavy atom. The summed E-state index contributed by atoms with van der Waals surface area (Å²) in [4.78, 5) is 21.5. The van der Waals surface area contributed by atoms with Gasteiger partial charge >= 0.3 is 5.97 Å². The number of alkyl halides is 1. The second kappa shape index (κ2) is 5.60. The maximum atomic E-state index is 13.1. The van der Waals surface area contributed by atoms with E-state index in [1.807, 2.05) is 0 Å². The van der Waals surface area contributed by atoms with Gasteiger partial charge in [-0.15, -0.1) is 0 Å². The normalized spacial score (nSPS) is 12.2. The summed E-state index contributed by atoms with van der Waals surface area (Å²) < 4.78 is 13.1. The van der Waals surface area contributed by atoms with Crippen LogP contribution in [0.15, 0.2) is 12.1 Å². The van der Waals surface area contributed by atoms with Crippen molar-refractivity contribution < 1.29 is 19.1 Å². The summed E-state index contributed by atoms with van der Waals surface area (Å²) in [5.41, 5.74) is 0.404. The van der Waals surface area contributed by atoms with Gasteiger partial charge in [0.25, 0.3) is 0 Å². The third-order valence-electron chi connectivity index (χ3n) is 2.15. The Kier molecular flexibility index (Phi) is 4.65. The summed E-state index contributed by atoms with van der Waals surface area (Å²) in [5, 5.41) is 8.55. The Hall–Kier alpha value is -0.940. The molecule has 6 heteroatoms. The van der Waals surface area contributed by atoms with Gasteiger partial charge in [0.15, 0.2) is 5.78 Å². The molecule has 0 saturated heterocycles. The Morgan fingerprint density at radius 1 is 1.53 bits per heavy atom. The first kappa shape index (κ1) is 14.1. The summed E-state index contributed by atoms with van der Waals surface area (Å²) in [5.74, 6) is -2.08. The lowest BCUT2D eigenvalue weighted by Gasteiger charge is -2.09. The number of halogens is 3. The van der Waals surface area contributed by atoms with Gasteiger partial charge in [-0.2, -0.15) is 0 Å². The summed E-state index contributed by atoms with van der Waals surface area (Å²) in [6, 6.07) is 2.36. The van der Waals surface area contributed by atoms with Crippen molar-refractivity contribution in [2.75, 3.05) is 0 Å². The fraction of sp³-hybridized carbons (Fsp3) is 0.273. The van der Waals surface area contributed by atoms with E-state index in [1.54, 1.807) is 0 Å². The molecule has 17 heavy (non-hydrogen) atoms. The average Bonchev–Trinajstić information content (AvgIpc) is 2.21. The fourth-order valence-electron chi connectivity index (χ4n) is 1.26. The van der Waals surface area contributed by atoms with Crippen LogP contribution >= 0.6 is 27.5 Å². The third-order valence-corrected chi connectivity index (χ3v) is 3.20. The zero-order valence-corrected chi connectivity index (χ0v) is 11.2. The highest BCUT2D eigenvalue weighted by atomic mass is 79.9. The molecule has 0 aliphatic heterocycles. The van der Waals surface area contributed by atoms with Gasteiger partial charge in [-0.05, 0) is 24.6 Å². The van der Waals surface area contributed by atoms with Crippen LogP contribution in [0.2, 0.25) is 5.02 Å². The van der Waals surface area contributed by atoms with Crippen molar-refractivity contribution in [2.45, 2.75) is 18.2 Å². The van der Waals surface area contributed by atoms with Crippen molar-refractivity contribution in [3.8, 4) is 0 Å². The number of hydrogen-bond donors (Lipinski definition) is 1. The number of aryl methyl sites for hydroxylation is 1. The van der Waals surface area contributed by atoms with Gasteiger partial charge in [0.05, 0.1) is 16.3 Å². The lowest BCUT2D eigenvalue weighted by molar-refractivity contribution is -0.136. The number of Topliss-reactive ketones (excluding diaryl/α,β-unsaturated/α-hetero) is 1. The monoisotopic (exact) mass is 322 g/mol. The zero-order chi connectivity index (χ0) is 13.2. The lowest BCUT2D eigenvalue weighted by Crippen LogP contribution is -2.18. The molecule has 1 unspecified atom stereocenters. The molecule has 0 amide bonds. The van der Waals surface area contributed by atoms with Gasteiger partial charge < -0.3 is 5.11 Å². The van der Waals surface area contributed by atoms with Crippen LogP contribution in [0.3, 0.4) is 0 Å². The maximum Gasteiger partial charge on any atom is 0.304 e. The molecule has 1 rings (SSSR count). The third kappa shape index (κ3) is 3.51. The molecule has 0 saturated carbocycles. The number of hydrogen-bond acceptors (Lipinski definition) is 2. The molecule has 0 spiro atoms. The first-order chi connectivity index (χ1) is 7.82. The largest absolute Gasteiger partial charge is 0.481 e. The van der Waals surface area contributed by atoms with Crippen molar-refractivity contribution in [1.82, 2.24) is 0 Å². The molecule has 0 aliphatic rings. The number of rotatable bonds is 4. The molecule has 0 aliphatic carbocycles. The Morgan fingerprint density at radius 3 is 2.65 bits per heavy atom. The maximum absolute atomic E-state index is 13.1. The van der Waals surface area contributed by atoms with Crippen LogP contribution in [0.5, 0.6) is 0 Å². The van der Waals surface area contributed by atoms with Crippen LogP contribution in [-0.2, 0) is 4.79 Å².